The summed E-state index contributed by atoms with van der Waals surface area (Å²) in [6, 6.07) is 3.70. The van der Waals surface area contributed by atoms with Crippen LogP contribution in [0.3, 0.4) is 0 Å². The Hall–Kier alpha value is -2.52. The fraction of sp³-hybridized carbons (Fsp3) is 0.609. The zero-order valence-electron chi connectivity index (χ0n) is 19.0. The van der Waals surface area contributed by atoms with Crippen molar-refractivity contribution in [1.29, 1.82) is 0 Å². The summed E-state index contributed by atoms with van der Waals surface area (Å²) >= 11 is 0. The first kappa shape index (κ1) is 21.3. The van der Waals surface area contributed by atoms with Crippen LogP contribution in [-0.4, -0.2) is 64.2 Å². The zero-order chi connectivity index (χ0) is 22.2. The molecule has 0 aliphatic carbocycles. The molecule has 0 spiro atoms. The maximum absolute atomic E-state index is 14.9. The molecule has 2 saturated heterocycles. The minimum atomic E-state index is -0.387. The van der Waals surface area contributed by atoms with Gasteiger partial charge in [0.05, 0.1) is 18.2 Å². The Morgan fingerprint density at radius 2 is 1.91 bits per heavy atom. The fourth-order valence-electron chi connectivity index (χ4n) is 5.09. The summed E-state index contributed by atoms with van der Waals surface area (Å²) in [6.07, 6.45) is 4.42. The van der Waals surface area contributed by atoms with Crippen LogP contribution in [0.5, 0.6) is 5.75 Å². The number of nitrogens with zero attached hydrogens (tertiary/aromatic N) is 5. The number of ether oxygens (including phenoxy) is 1. The zero-order valence-corrected chi connectivity index (χ0v) is 19.0. The Kier molecular flexibility index (Phi) is 5.86. The van der Waals surface area contributed by atoms with E-state index in [0.29, 0.717) is 28.6 Å². The highest BCUT2D eigenvalue weighted by Gasteiger charge is 2.30. The number of hydrogen-bond acceptors (Lipinski definition) is 7. The Morgan fingerprint density at radius 1 is 1.16 bits per heavy atom. The first-order valence-electron chi connectivity index (χ1n) is 11.6. The summed E-state index contributed by atoms with van der Waals surface area (Å²) in [5.41, 5.74) is 1.07. The van der Waals surface area contributed by atoms with E-state index in [4.69, 9.17) is 9.26 Å². The third kappa shape index (κ3) is 3.77. The van der Waals surface area contributed by atoms with Gasteiger partial charge in [0.25, 0.3) is 5.95 Å². The standard InChI is InChI=1S/C23H31FN6O2/c1-14(2)20-19-18(31-3)5-4-17(24)21(19)30(27-20)23-26-22(32-28-23)15-8-12-29(13-9-15)16-6-10-25-11-7-16/h4-5,14-16,25H,6-13H2,1-3H3. The molecule has 0 atom stereocenters. The quantitative estimate of drug-likeness (QED) is 0.646. The summed E-state index contributed by atoms with van der Waals surface area (Å²) in [7, 11) is 1.58. The van der Waals surface area contributed by atoms with Crippen LogP contribution < -0.4 is 10.1 Å². The summed E-state index contributed by atoms with van der Waals surface area (Å²) in [5, 5.41) is 12.9. The fourth-order valence-corrected chi connectivity index (χ4v) is 5.09. The van der Waals surface area contributed by atoms with Gasteiger partial charge in [-0.2, -0.15) is 14.8 Å². The Bertz CT molecular complexity index is 1080. The number of rotatable bonds is 5. The summed E-state index contributed by atoms with van der Waals surface area (Å²) in [4.78, 5) is 7.25. The third-order valence-corrected chi connectivity index (χ3v) is 6.86. The normalized spacial score (nSPS) is 19.3. The number of piperidine rings is 2. The van der Waals surface area contributed by atoms with Crippen LogP contribution in [0.2, 0.25) is 0 Å². The van der Waals surface area contributed by atoms with Gasteiger partial charge in [-0.1, -0.05) is 13.8 Å². The maximum atomic E-state index is 14.9. The number of hydrogen-bond donors (Lipinski definition) is 1. The molecule has 0 amide bonds. The van der Waals surface area contributed by atoms with E-state index in [9.17, 15) is 4.39 Å². The lowest BCUT2D eigenvalue weighted by Gasteiger charge is -2.38. The molecule has 0 bridgehead atoms. The molecule has 3 aromatic rings. The molecule has 0 saturated carbocycles. The van der Waals surface area contributed by atoms with E-state index in [2.05, 4.69) is 25.5 Å². The number of benzene rings is 1. The second-order valence-electron chi connectivity index (χ2n) is 9.15. The SMILES string of the molecule is COc1ccc(F)c2c1c(C(C)C)nn2-c1noc(C2CCN(C3CCNCC3)CC2)n1. The lowest BCUT2D eigenvalue weighted by Crippen LogP contribution is -2.46. The second kappa shape index (κ2) is 8.78. The van der Waals surface area contributed by atoms with Gasteiger partial charge in [0.2, 0.25) is 5.89 Å². The molecule has 0 unspecified atom stereocenters. The number of halogens is 1. The predicted octanol–water partition coefficient (Wildman–Crippen LogP) is 3.61. The van der Waals surface area contributed by atoms with Crippen molar-refractivity contribution in [2.24, 2.45) is 0 Å². The van der Waals surface area contributed by atoms with Gasteiger partial charge in [0.15, 0.2) is 0 Å². The summed E-state index contributed by atoms with van der Waals surface area (Å²) < 4.78 is 27.5. The number of aromatic nitrogens is 4. The van der Waals surface area contributed by atoms with Crippen molar-refractivity contribution in [1.82, 2.24) is 30.1 Å². The molecular formula is C23H31FN6O2. The molecule has 8 nitrogen and oxygen atoms in total. The first-order valence-corrected chi connectivity index (χ1v) is 11.6. The highest BCUT2D eigenvalue weighted by molar-refractivity contribution is 5.90. The predicted molar refractivity (Wildman–Crippen MR) is 119 cm³/mol. The molecule has 2 aromatic heterocycles. The minimum Gasteiger partial charge on any atom is -0.496 e. The highest BCUT2D eigenvalue weighted by atomic mass is 19.1. The molecular weight excluding hydrogens is 411 g/mol. The van der Waals surface area contributed by atoms with Crippen molar-refractivity contribution in [3.05, 3.63) is 29.5 Å². The van der Waals surface area contributed by atoms with E-state index in [1.807, 2.05) is 13.8 Å². The van der Waals surface area contributed by atoms with Gasteiger partial charge in [-0.25, -0.2) is 4.39 Å². The largest absolute Gasteiger partial charge is 0.496 e. The molecule has 5 rings (SSSR count). The molecule has 9 heteroatoms. The van der Waals surface area contributed by atoms with Crippen molar-refractivity contribution < 1.29 is 13.7 Å². The van der Waals surface area contributed by atoms with E-state index in [1.165, 1.54) is 23.6 Å². The summed E-state index contributed by atoms with van der Waals surface area (Å²) in [6.45, 7) is 8.34. The highest BCUT2D eigenvalue weighted by Crippen LogP contribution is 2.36. The van der Waals surface area contributed by atoms with Crippen molar-refractivity contribution in [3.63, 3.8) is 0 Å². The molecule has 172 valence electrons. The molecule has 2 fully saturated rings. The van der Waals surface area contributed by atoms with E-state index in [-0.39, 0.29) is 23.6 Å². The van der Waals surface area contributed by atoms with Gasteiger partial charge in [-0.15, -0.1) is 0 Å². The molecule has 32 heavy (non-hydrogen) atoms. The molecule has 1 aromatic carbocycles. The lowest BCUT2D eigenvalue weighted by molar-refractivity contribution is 0.120. The van der Waals surface area contributed by atoms with Crippen LogP contribution in [0.25, 0.3) is 16.9 Å². The second-order valence-corrected chi connectivity index (χ2v) is 9.15. The van der Waals surface area contributed by atoms with E-state index in [0.717, 1.165) is 44.7 Å². The molecule has 1 N–H and O–H groups in total. The van der Waals surface area contributed by atoms with Crippen LogP contribution in [-0.2, 0) is 0 Å². The number of nitrogens with one attached hydrogen (secondary N) is 1. The van der Waals surface area contributed by atoms with Gasteiger partial charge in [-0.3, -0.25) is 0 Å². The van der Waals surface area contributed by atoms with Crippen molar-refractivity contribution >= 4 is 10.9 Å². The number of fused-ring (bicyclic) bond motifs is 1. The van der Waals surface area contributed by atoms with E-state index >= 15 is 0 Å². The maximum Gasteiger partial charge on any atom is 0.291 e. The van der Waals surface area contributed by atoms with Crippen LogP contribution in [0.4, 0.5) is 4.39 Å². The van der Waals surface area contributed by atoms with Gasteiger partial charge in [0.1, 0.15) is 17.1 Å². The summed E-state index contributed by atoms with van der Waals surface area (Å²) in [5.74, 6) is 1.39. The van der Waals surface area contributed by atoms with Crippen LogP contribution in [0.1, 0.15) is 63.0 Å². The van der Waals surface area contributed by atoms with E-state index in [1.54, 1.807) is 13.2 Å². The minimum absolute atomic E-state index is 0.0835. The molecule has 2 aliphatic rings. The van der Waals surface area contributed by atoms with Crippen LogP contribution >= 0.6 is 0 Å². The van der Waals surface area contributed by atoms with Crippen LogP contribution in [0.15, 0.2) is 16.7 Å². The monoisotopic (exact) mass is 442 g/mol. The number of methoxy groups -OCH3 is 1. The molecule has 2 aliphatic heterocycles. The Morgan fingerprint density at radius 3 is 2.59 bits per heavy atom. The van der Waals surface area contributed by atoms with Crippen LogP contribution in [0, 0.1) is 5.82 Å². The van der Waals surface area contributed by atoms with Crippen molar-refractivity contribution in [2.75, 3.05) is 33.3 Å². The lowest BCUT2D eigenvalue weighted by atomic mass is 9.94. The topological polar surface area (TPSA) is 81.2 Å². The Labute approximate surface area is 187 Å². The molecule has 4 heterocycles. The average molecular weight is 443 g/mol. The average Bonchev–Trinajstić information content (AvgIpc) is 3.46. The van der Waals surface area contributed by atoms with E-state index < -0.39 is 0 Å². The number of likely N-dealkylation sites (tertiary alicyclic amines) is 1. The Balaban J connectivity index is 1.40. The third-order valence-electron chi connectivity index (χ3n) is 6.86. The van der Waals surface area contributed by atoms with Gasteiger partial charge >= 0.3 is 0 Å². The molecule has 0 radical (unpaired) electrons. The van der Waals surface area contributed by atoms with Gasteiger partial charge in [-0.05, 0) is 75.1 Å². The van der Waals surface area contributed by atoms with Crippen molar-refractivity contribution in [3.8, 4) is 11.7 Å². The smallest absolute Gasteiger partial charge is 0.291 e. The van der Waals surface area contributed by atoms with Gasteiger partial charge < -0.3 is 19.5 Å². The first-order chi connectivity index (χ1) is 15.6. The van der Waals surface area contributed by atoms with Crippen molar-refractivity contribution in [2.45, 2.75) is 57.4 Å². The van der Waals surface area contributed by atoms with Gasteiger partial charge in [0, 0.05) is 12.0 Å².